The Morgan fingerprint density at radius 2 is 1.63 bits per heavy atom. The number of ether oxygens (including phenoxy) is 2. The van der Waals surface area contributed by atoms with Crippen molar-refractivity contribution in [2.75, 3.05) is 0 Å². The number of hydrogen-bond acceptors (Lipinski definition) is 4. The van der Waals surface area contributed by atoms with E-state index < -0.39 is 0 Å². The van der Waals surface area contributed by atoms with Crippen LogP contribution < -0.4 is 0 Å². The molecule has 2 aliphatic carbocycles. The van der Waals surface area contributed by atoms with Gasteiger partial charge in [-0.3, -0.25) is 0 Å². The summed E-state index contributed by atoms with van der Waals surface area (Å²) in [6.07, 6.45) is 15.5. The minimum atomic E-state index is -0.0129. The van der Waals surface area contributed by atoms with Crippen molar-refractivity contribution >= 4 is 0 Å². The summed E-state index contributed by atoms with van der Waals surface area (Å²) in [6.45, 7) is 0. The lowest BCUT2D eigenvalue weighted by Crippen LogP contribution is -2.23. The maximum Gasteiger partial charge on any atom is 0.286 e. The molecule has 2 unspecified atom stereocenters. The lowest BCUT2D eigenvalue weighted by atomic mass is 9.79. The molecule has 2 aliphatic rings. The van der Waals surface area contributed by atoms with E-state index in [1.807, 2.05) is 6.08 Å². The first-order chi connectivity index (χ1) is 9.31. The van der Waals surface area contributed by atoms with Gasteiger partial charge in [0, 0.05) is 0 Å². The van der Waals surface area contributed by atoms with Crippen LogP contribution in [0.15, 0.2) is 12.2 Å². The van der Waals surface area contributed by atoms with E-state index in [1.165, 1.54) is 6.42 Å². The first-order valence-corrected chi connectivity index (χ1v) is 7.09. The molecule has 0 saturated heterocycles. The molecule has 1 fully saturated rings. The van der Waals surface area contributed by atoms with E-state index >= 15 is 0 Å². The highest BCUT2D eigenvalue weighted by molar-refractivity contribution is 5.00. The Kier molecular flexibility index (Phi) is 5.10. The zero-order chi connectivity index (χ0) is 13.5. The maximum atomic E-state index is 8.50. The van der Waals surface area contributed by atoms with Gasteiger partial charge in [-0.05, 0) is 62.9 Å². The molecule has 0 aromatic carbocycles. The molecule has 0 N–H and O–H groups in total. The molecule has 0 aliphatic heterocycles. The van der Waals surface area contributed by atoms with Crippen LogP contribution in [-0.4, -0.2) is 12.2 Å². The Hall–Kier alpha value is -1.68. The molecule has 1 saturated carbocycles. The van der Waals surface area contributed by atoms with E-state index in [0.29, 0.717) is 5.92 Å². The largest absolute Gasteiger partial charge is 0.424 e. The minimum Gasteiger partial charge on any atom is -0.424 e. The highest BCUT2D eigenvalue weighted by atomic mass is 16.5. The van der Waals surface area contributed by atoms with Crippen LogP contribution in [0.4, 0.5) is 0 Å². The van der Waals surface area contributed by atoms with E-state index in [9.17, 15) is 0 Å². The van der Waals surface area contributed by atoms with Crippen molar-refractivity contribution in [3.63, 3.8) is 0 Å². The normalized spacial score (nSPS) is 34.0. The van der Waals surface area contributed by atoms with Crippen molar-refractivity contribution in [1.82, 2.24) is 0 Å². The SMILES string of the molecule is N#COC1C=CC(CC2CCC(OC#N)CC2)CC1. The summed E-state index contributed by atoms with van der Waals surface area (Å²) < 4.78 is 9.94. The zero-order valence-electron chi connectivity index (χ0n) is 11.1. The van der Waals surface area contributed by atoms with Crippen molar-refractivity contribution in [2.24, 2.45) is 11.8 Å². The fourth-order valence-corrected chi connectivity index (χ4v) is 3.20. The van der Waals surface area contributed by atoms with Crippen LogP contribution in [0.2, 0.25) is 0 Å². The molecular weight excluding hydrogens is 240 g/mol. The number of nitriles is 2. The Morgan fingerprint density at radius 1 is 0.895 bits per heavy atom. The maximum absolute atomic E-state index is 8.50. The summed E-state index contributed by atoms with van der Waals surface area (Å²) in [5, 5.41) is 17.0. The number of allylic oxidation sites excluding steroid dienone is 1. The third-order valence-corrected chi connectivity index (χ3v) is 4.27. The van der Waals surface area contributed by atoms with Crippen LogP contribution >= 0.6 is 0 Å². The summed E-state index contributed by atoms with van der Waals surface area (Å²) in [7, 11) is 0. The molecule has 0 radical (unpaired) electrons. The number of hydrogen-bond donors (Lipinski definition) is 0. The van der Waals surface area contributed by atoms with Crippen molar-refractivity contribution in [1.29, 1.82) is 10.5 Å². The first kappa shape index (κ1) is 13.7. The van der Waals surface area contributed by atoms with Crippen LogP contribution in [-0.2, 0) is 9.47 Å². The van der Waals surface area contributed by atoms with E-state index in [1.54, 1.807) is 12.5 Å². The molecular formula is C15H20N2O2. The third-order valence-electron chi connectivity index (χ3n) is 4.27. The van der Waals surface area contributed by atoms with Gasteiger partial charge in [0.05, 0.1) is 0 Å². The monoisotopic (exact) mass is 260 g/mol. The standard InChI is InChI=1S/C15H20N2O2/c16-10-18-14-5-1-12(2-6-14)9-13-3-7-15(8-4-13)19-11-17/h1,5,12-15H,2-4,6-9H2. The second-order valence-corrected chi connectivity index (χ2v) is 5.56. The van der Waals surface area contributed by atoms with Crippen molar-refractivity contribution in [2.45, 2.75) is 57.2 Å². The zero-order valence-corrected chi connectivity index (χ0v) is 11.1. The van der Waals surface area contributed by atoms with Crippen LogP contribution in [0, 0.1) is 34.9 Å². The molecule has 0 spiro atoms. The van der Waals surface area contributed by atoms with Crippen molar-refractivity contribution in [3.8, 4) is 12.5 Å². The van der Waals surface area contributed by atoms with E-state index in [4.69, 9.17) is 20.0 Å². The van der Waals surface area contributed by atoms with Gasteiger partial charge in [-0.15, -0.1) is 0 Å². The Bertz CT molecular complexity index is 386. The summed E-state index contributed by atoms with van der Waals surface area (Å²) in [4.78, 5) is 0. The average molecular weight is 260 g/mol. The van der Waals surface area contributed by atoms with E-state index in [-0.39, 0.29) is 12.2 Å². The van der Waals surface area contributed by atoms with Gasteiger partial charge in [-0.1, -0.05) is 6.08 Å². The van der Waals surface area contributed by atoms with Gasteiger partial charge in [0.15, 0.2) is 0 Å². The Morgan fingerprint density at radius 3 is 2.21 bits per heavy atom. The number of nitrogens with zero attached hydrogens (tertiary/aromatic N) is 2. The molecule has 0 heterocycles. The fraction of sp³-hybridized carbons (Fsp3) is 0.733. The van der Waals surface area contributed by atoms with Gasteiger partial charge < -0.3 is 9.47 Å². The van der Waals surface area contributed by atoms with Gasteiger partial charge in [0.25, 0.3) is 12.5 Å². The van der Waals surface area contributed by atoms with Gasteiger partial charge >= 0.3 is 0 Å². The van der Waals surface area contributed by atoms with Crippen LogP contribution in [0.1, 0.15) is 44.9 Å². The molecule has 4 nitrogen and oxygen atoms in total. The lowest BCUT2D eigenvalue weighted by molar-refractivity contribution is 0.0942. The predicted molar refractivity (Wildman–Crippen MR) is 69.4 cm³/mol. The van der Waals surface area contributed by atoms with Gasteiger partial charge in [-0.2, -0.15) is 10.5 Å². The van der Waals surface area contributed by atoms with Crippen LogP contribution in [0.5, 0.6) is 0 Å². The summed E-state index contributed by atoms with van der Waals surface area (Å²) in [5.74, 6) is 1.37. The Labute approximate surface area is 114 Å². The second-order valence-electron chi connectivity index (χ2n) is 5.56. The predicted octanol–water partition coefficient (Wildman–Crippen LogP) is 3.27. The summed E-state index contributed by atoms with van der Waals surface area (Å²) in [5.41, 5.74) is 0. The van der Waals surface area contributed by atoms with Crippen LogP contribution in [0.25, 0.3) is 0 Å². The molecule has 2 atom stereocenters. The molecule has 0 amide bonds. The van der Waals surface area contributed by atoms with Gasteiger partial charge in [0.1, 0.15) is 12.2 Å². The van der Waals surface area contributed by atoms with E-state index in [0.717, 1.165) is 44.4 Å². The number of rotatable bonds is 4. The van der Waals surface area contributed by atoms with Crippen LogP contribution in [0.3, 0.4) is 0 Å². The molecule has 0 bridgehead atoms. The van der Waals surface area contributed by atoms with Crippen molar-refractivity contribution < 1.29 is 9.47 Å². The summed E-state index contributed by atoms with van der Waals surface area (Å²) >= 11 is 0. The van der Waals surface area contributed by atoms with Crippen molar-refractivity contribution in [3.05, 3.63) is 12.2 Å². The summed E-state index contributed by atoms with van der Waals surface area (Å²) in [6, 6.07) is 0. The molecule has 0 aromatic rings. The van der Waals surface area contributed by atoms with E-state index in [2.05, 4.69) is 6.08 Å². The highest BCUT2D eigenvalue weighted by Gasteiger charge is 2.25. The lowest BCUT2D eigenvalue weighted by Gasteiger charge is -2.30. The fourth-order valence-electron chi connectivity index (χ4n) is 3.20. The molecule has 2 rings (SSSR count). The highest BCUT2D eigenvalue weighted by Crippen LogP contribution is 2.34. The first-order valence-electron chi connectivity index (χ1n) is 7.09. The minimum absolute atomic E-state index is 0.0129. The molecule has 0 aromatic heterocycles. The topological polar surface area (TPSA) is 66.0 Å². The quantitative estimate of drug-likeness (QED) is 0.574. The van der Waals surface area contributed by atoms with Gasteiger partial charge in [0.2, 0.25) is 0 Å². The third kappa shape index (κ3) is 4.17. The molecule has 102 valence electrons. The molecule has 4 heteroatoms. The smallest absolute Gasteiger partial charge is 0.286 e. The average Bonchev–Trinajstić information content (AvgIpc) is 2.44. The Balaban J connectivity index is 1.71. The van der Waals surface area contributed by atoms with Gasteiger partial charge in [-0.25, -0.2) is 0 Å². The second kappa shape index (κ2) is 7.04. The molecule has 19 heavy (non-hydrogen) atoms.